The molecule has 43 heavy (non-hydrogen) atoms. The van der Waals surface area contributed by atoms with Gasteiger partial charge >= 0.3 is 24.2 Å². The summed E-state index contributed by atoms with van der Waals surface area (Å²) >= 11 is 0. The molecular weight excluding hydrogens is 574 g/mol. The fourth-order valence-corrected chi connectivity index (χ4v) is 4.59. The maximum absolute atomic E-state index is 16.4. The number of Topliss-reactive ketones (excluding diaryl/α,β-unsaturated/α-hetero) is 1. The van der Waals surface area contributed by atoms with Crippen molar-refractivity contribution in [3.05, 3.63) is 83.4 Å². The summed E-state index contributed by atoms with van der Waals surface area (Å²) < 4.78 is 71.8. The summed E-state index contributed by atoms with van der Waals surface area (Å²) in [5, 5.41) is 4.60. The number of likely N-dealkylation sites (tertiary alicyclic amines) is 1. The highest BCUT2D eigenvalue weighted by atomic mass is 19.4. The number of rotatable bonds is 10. The van der Waals surface area contributed by atoms with E-state index in [0.29, 0.717) is 31.5 Å². The zero-order valence-corrected chi connectivity index (χ0v) is 23.3. The van der Waals surface area contributed by atoms with Crippen LogP contribution in [0, 0.1) is 0 Å². The molecule has 1 atom stereocenters. The Morgan fingerprint density at radius 3 is 2.14 bits per heavy atom. The van der Waals surface area contributed by atoms with E-state index in [9.17, 15) is 27.6 Å². The second kappa shape index (κ2) is 13.1. The van der Waals surface area contributed by atoms with Crippen molar-refractivity contribution >= 4 is 29.2 Å². The molecule has 9 nitrogen and oxygen atoms in total. The molecule has 3 aromatic rings. The molecule has 4 rings (SSSR count). The molecule has 1 unspecified atom stereocenters. The Bertz CT molecular complexity index is 1480. The van der Waals surface area contributed by atoms with Gasteiger partial charge in [0.25, 0.3) is 0 Å². The van der Waals surface area contributed by atoms with Gasteiger partial charge in [-0.15, -0.1) is 0 Å². The van der Waals surface area contributed by atoms with Crippen LogP contribution >= 0.6 is 0 Å². The topological polar surface area (TPSA) is 106 Å². The third-order valence-corrected chi connectivity index (χ3v) is 6.74. The average Bonchev–Trinajstić information content (AvgIpc) is 3.53. The molecule has 1 aliphatic rings. The predicted octanol–water partition coefficient (Wildman–Crippen LogP) is 6.05. The van der Waals surface area contributed by atoms with Crippen LogP contribution in [-0.4, -0.2) is 56.0 Å². The molecule has 1 aliphatic heterocycles. The van der Waals surface area contributed by atoms with Gasteiger partial charge in [0, 0.05) is 19.5 Å². The number of amides is 2. The first-order valence-corrected chi connectivity index (χ1v) is 13.2. The maximum Gasteiger partial charge on any atom is 0.418 e. The number of hydrogen-bond acceptors (Lipinski definition) is 7. The minimum Gasteiger partial charge on any atom is -0.495 e. The maximum atomic E-state index is 16.4. The van der Waals surface area contributed by atoms with Gasteiger partial charge in [0.05, 0.1) is 36.7 Å². The highest BCUT2D eigenvalue weighted by molar-refractivity contribution is 6.01. The molecule has 0 bridgehead atoms. The van der Waals surface area contributed by atoms with Crippen LogP contribution in [0.1, 0.15) is 34.3 Å². The number of alkyl halides is 4. The van der Waals surface area contributed by atoms with Gasteiger partial charge in [-0.1, -0.05) is 18.2 Å². The number of ether oxygens (including phenoxy) is 3. The van der Waals surface area contributed by atoms with E-state index in [4.69, 9.17) is 9.47 Å². The Morgan fingerprint density at radius 2 is 1.51 bits per heavy atom. The van der Waals surface area contributed by atoms with Crippen molar-refractivity contribution in [2.45, 2.75) is 31.4 Å². The van der Waals surface area contributed by atoms with E-state index < -0.39 is 47.6 Å². The van der Waals surface area contributed by atoms with E-state index in [-0.39, 0.29) is 22.7 Å². The molecule has 0 saturated carbocycles. The van der Waals surface area contributed by atoms with Gasteiger partial charge in [-0.3, -0.25) is 4.79 Å². The molecule has 0 radical (unpaired) electrons. The highest BCUT2D eigenvalue weighted by Crippen LogP contribution is 2.35. The van der Waals surface area contributed by atoms with Crippen molar-refractivity contribution in [1.82, 2.24) is 4.90 Å². The Morgan fingerprint density at radius 1 is 0.860 bits per heavy atom. The van der Waals surface area contributed by atoms with Gasteiger partial charge in [-0.25, -0.2) is 14.5 Å². The van der Waals surface area contributed by atoms with E-state index in [1.165, 1.54) is 73.7 Å². The van der Waals surface area contributed by atoms with Crippen LogP contribution in [0.2, 0.25) is 0 Å². The van der Waals surface area contributed by atoms with Gasteiger partial charge in [0.15, 0.2) is 0 Å². The molecule has 13 heteroatoms. The molecule has 3 aromatic carbocycles. The predicted molar refractivity (Wildman–Crippen MR) is 149 cm³/mol. The molecule has 0 aromatic heterocycles. The van der Waals surface area contributed by atoms with Crippen LogP contribution in [0.25, 0.3) is 0 Å². The van der Waals surface area contributed by atoms with Gasteiger partial charge in [-0.2, -0.15) is 17.6 Å². The van der Waals surface area contributed by atoms with Gasteiger partial charge < -0.3 is 24.8 Å². The van der Waals surface area contributed by atoms with Gasteiger partial charge in [0.2, 0.25) is 5.78 Å². The molecule has 1 fully saturated rings. The van der Waals surface area contributed by atoms with Crippen molar-refractivity contribution in [3.63, 3.8) is 0 Å². The van der Waals surface area contributed by atoms with E-state index in [1.807, 2.05) is 0 Å². The van der Waals surface area contributed by atoms with Crippen molar-refractivity contribution in [2.24, 2.45) is 0 Å². The van der Waals surface area contributed by atoms with Crippen molar-refractivity contribution in [1.29, 1.82) is 0 Å². The lowest BCUT2D eigenvalue weighted by Crippen LogP contribution is -2.55. The summed E-state index contributed by atoms with van der Waals surface area (Å²) in [5.74, 6) is -4.15. The number of carbonyl (C=O) groups excluding carboxylic acids is 3. The van der Waals surface area contributed by atoms with Crippen LogP contribution in [0.4, 0.5) is 33.7 Å². The monoisotopic (exact) mass is 603 g/mol. The minimum absolute atomic E-state index is 0.0330. The summed E-state index contributed by atoms with van der Waals surface area (Å²) in [4.78, 5) is 38.9. The van der Waals surface area contributed by atoms with Gasteiger partial charge in [0.1, 0.15) is 11.5 Å². The quantitative estimate of drug-likeness (QED) is 0.165. The molecule has 2 amide bonds. The number of para-hydroxylation sites is 1. The Labute approximate surface area is 244 Å². The van der Waals surface area contributed by atoms with Crippen LogP contribution in [0.5, 0.6) is 11.5 Å². The summed E-state index contributed by atoms with van der Waals surface area (Å²) in [5.41, 5.74) is -0.782. The van der Waals surface area contributed by atoms with E-state index >= 15 is 4.39 Å². The van der Waals surface area contributed by atoms with Crippen LogP contribution in [0.15, 0.2) is 66.7 Å². The summed E-state index contributed by atoms with van der Waals surface area (Å²) in [6, 6.07) is 13.3. The molecule has 228 valence electrons. The zero-order valence-electron chi connectivity index (χ0n) is 23.3. The Balaban J connectivity index is 1.50. The normalized spacial score (nSPS) is 14.8. The number of anilines is 2. The molecule has 0 aliphatic carbocycles. The number of benzene rings is 3. The number of methoxy groups -OCH3 is 2. The number of esters is 1. The average molecular weight is 604 g/mol. The Kier molecular flexibility index (Phi) is 9.54. The fourth-order valence-electron chi connectivity index (χ4n) is 4.59. The number of carbonyl (C=O) groups is 3. The summed E-state index contributed by atoms with van der Waals surface area (Å²) in [6.07, 6.45) is -3.73. The van der Waals surface area contributed by atoms with Crippen LogP contribution in [0.3, 0.4) is 0 Å². The van der Waals surface area contributed by atoms with Crippen molar-refractivity contribution in [3.8, 4) is 11.5 Å². The molecule has 1 heterocycles. The summed E-state index contributed by atoms with van der Waals surface area (Å²) in [6.45, 7) is 0.586. The smallest absolute Gasteiger partial charge is 0.418 e. The van der Waals surface area contributed by atoms with Gasteiger partial charge in [-0.05, 0) is 66.9 Å². The number of nitrogens with one attached hydrogen (secondary N) is 2. The second-order valence-corrected chi connectivity index (χ2v) is 9.63. The second-order valence-electron chi connectivity index (χ2n) is 9.63. The lowest BCUT2D eigenvalue weighted by atomic mass is 10.1. The Hall–Kier alpha value is -4.65. The largest absolute Gasteiger partial charge is 0.495 e. The number of urea groups is 1. The molecule has 0 spiro atoms. The van der Waals surface area contributed by atoms with E-state index in [1.54, 1.807) is 0 Å². The number of ketones is 1. The van der Waals surface area contributed by atoms with Crippen molar-refractivity contribution < 1.29 is 46.2 Å². The van der Waals surface area contributed by atoms with Crippen LogP contribution < -0.4 is 20.1 Å². The summed E-state index contributed by atoms with van der Waals surface area (Å²) in [7, 11) is 2.53. The van der Waals surface area contributed by atoms with E-state index in [2.05, 4.69) is 15.4 Å². The first-order chi connectivity index (χ1) is 20.4. The van der Waals surface area contributed by atoms with Crippen LogP contribution in [-0.2, 0) is 22.1 Å². The standard InChI is InChI=1S/C30H29F4N3O6/c1-41-25-17-19(9-14-24(25)36-28(40)35-23-8-4-3-7-22(23)29(31,32)33)18-26(38)30(34,37-15-5-6-16-37)43-21-12-10-20(11-13-21)27(39)42-2/h3-4,7-14,17H,5-6,15-16,18H2,1-2H3,(H2,35,36,40). The fraction of sp³-hybridized carbons (Fsp3) is 0.300. The first-order valence-electron chi connectivity index (χ1n) is 13.2. The molecular formula is C30H29F4N3O6. The zero-order chi connectivity index (χ0) is 31.2. The lowest BCUT2D eigenvalue weighted by molar-refractivity contribution is -0.191. The third-order valence-electron chi connectivity index (χ3n) is 6.74. The highest BCUT2D eigenvalue weighted by Gasteiger charge is 2.48. The molecule has 1 saturated heterocycles. The number of hydrogen-bond donors (Lipinski definition) is 2. The SMILES string of the molecule is COC(=O)c1ccc(OC(F)(C(=O)Cc2ccc(NC(=O)Nc3ccccc3C(F)(F)F)c(OC)c2)N2CCCC2)cc1. The number of nitrogens with zero attached hydrogens (tertiary/aromatic N) is 1. The first kappa shape index (κ1) is 31.3. The lowest BCUT2D eigenvalue weighted by Gasteiger charge is -2.33. The number of halogens is 4. The van der Waals surface area contributed by atoms with Crippen molar-refractivity contribution in [2.75, 3.05) is 37.9 Å². The van der Waals surface area contributed by atoms with E-state index in [0.717, 1.165) is 12.1 Å². The molecule has 2 N–H and O–H groups in total. The third kappa shape index (κ3) is 7.41. The minimum atomic E-state index is -4.67.